The first-order valence-electron chi connectivity index (χ1n) is 13.0. The summed E-state index contributed by atoms with van der Waals surface area (Å²) in [5.74, 6) is 1.77. The Morgan fingerprint density at radius 2 is 1.20 bits per heavy atom. The van der Waals surface area contributed by atoms with E-state index in [1.807, 2.05) is 72.8 Å². The zero-order valence-electron chi connectivity index (χ0n) is 22.0. The van der Waals surface area contributed by atoms with Crippen molar-refractivity contribution < 1.29 is 14.3 Å². The zero-order chi connectivity index (χ0) is 27.4. The average molecular weight is 598 g/mol. The van der Waals surface area contributed by atoms with E-state index in [9.17, 15) is 4.79 Å². The molecule has 1 amide bonds. The SMILES string of the molecule is CC(=O)NCC1Cc2cccc(-c3ccccc3Cl)c2O1.Cl.NCC1Cc2cccc(-c3ccccc3Cl)c2O1. The molecule has 2 atom stereocenters. The Morgan fingerprint density at radius 1 is 0.750 bits per heavy atom. The predicted octanol–water partition coefficient (Wildman–Crippen LogP) is 7.14. The van der Waals surface area contributed by atoms with Gasteiger partial charge in [0, 0.05) is 58.6 Å². The number of para-hydroxylation sites is 2. The summed E-state index contributed by atoms with van der Waals surface area (Å²) in [4.78, 5) is 11.0. The van der Waals surface area contributed by atoms with Crippen molar-refractivity contribution in [3.63, 3.8) is 0 Å². The summed E-state index contributed by atoms with van der Waals surface area (Å²) < 4.78 is 11.9. The number of rotatable bonds is 5. The molecule has 0 fully saturated rings. The van der Waals surface area contributed by atoms with Crippen LogP contribution in [-0.4, -0.2) is 31.2 Å². The van der Waals surface area contributed by atoms with Crippen LogP contribution < -0.4 is 20.5 Å². The Kier molecular flexibility index (Phi) is 9.99. The van der Waals surface area contributed by atoms with Crippen LogP contribution >= 0.6 is 35.6 Å². The van der Waals surface area contributed by atoms with Gasteiger partial charge in [0.2, 0.25) is 5.91 Å². The van der Waals surface area contributed by atoms with E-state index >= 15 is 0 Å². The molecule has 0 spiro atoms. The van der Waals surface area contributed by atoms with Gasteiger partial charge in [-0.05, 0) is 23.3 Å². The molecule has 40 heavy (non-hydrogen) atoms. The van der Waals surface area contributed by atoms with Gasteiger partial charge in [-0.3, -0.25) is 4.79 Å². The van der Waals surface area contributed by atoms with Gasteiger partial charge in [-0.2, -0.15) is 0 Å². The van der Waals surface area contributed by atoms with Crippen molar-refractivity contribution in [3.8, 4) is 33.8 Å². The van der Waals surface area contributed by atoms with Crippen molar-refractivity contribution in [1.29, 1.82) is 0 Å². The maximum Gasteiger partial charge on any atom is 0.217 e. The van der Waals surface area contributed by atoms with Crippen molar-refractivity contribution in [2.24, 2.45) is 5.73 Å². The smallest absolute Gasteiger partial charge is 0.217 e. The number of nitrogens with one attached hydrogen (secondary N) is 1. The Labute approximate surface area is 251 Å². The third-order valence-electron chi connectivity index (χ3n) is 6.83. The van der Waals surface area contributed by atoms with Gasteiger partial charge in [-0.1, -0.05) is 96.0 Å². The van der Waals surface area contributed by atoms with Crippen molar-refractivity contribution in [3.05, 3.63) is 106 Å². The number of halogens is 3. The van der Waals surface area contributed by atoms with E-state index in [2.05, 4.69) is 17.4 Å². The van der Waals surface area contributed by atoms with Crippen LogP contribution in [0, 0.1) is 0 Å². The third-order valence-corrected chi connectivity index (χ3v) is 7.49. The summed E-state index contributed by atoms with van der Waals surface area (Å²) in [6, 6.07) is 27.8. The van der Waals surface area contributed by atoms with Crippen LogP contribution in [0.15, 0.2) is 84.9 Å². The van der Waals surface area contributed by atoms with Gasteiger partial charge in [-0.15, -0.1) is 12.4 Å². The van der Waals surface area contributed by atoms with E-state index in [1.165, 1.54) is 12.5 Å². The maximum absolute atomic E-state index is 11.0. The van der Waals surface area contributed by atoms with Gasteiger partial charge in [-0.25, -0.2) is 0 Å². The number of ether oxygens (including phenoxy) is 2. The zero-order valence-corrected chi connectivity index (χ0v) is 24.4. The number of nitrogens with two attached hydrogens (primary N) is 1. The molecule has 2 aliphatic rings. The van der Waals surface area contributed by atoms with E-state index in [0.29, 0.717) is 18.1 Å². The molecule has 0 radical (unpaired) electrons. The number of amides is 1. The second-order valence-electron chi connectivity index (χ2n) is 9.61. The first-order valence-corrected chi connectivity index (χ1v) is 13.7. The second-order valence-corrected chi connectivity index (χ2v) is 10.4. The summed E-state index contributed by atoms with van der Waals surface area (Å²) in [6.45, 7) is 2.57. The molecule has 2 unspecified atom stereocenters. The Bertz CT molecular complexity index is 1490. The molecule has 6 rings (SSSR count). The van der Waals surface area contributed by atoms with Crippen LogP contribution in [0.4, 0.5) is 0 Å². The fourth-order valence-corrected chi connectivity index (χ4v) is 5.44. The summed E-state index contributed by atoms with van der Waals surface area (Å²) >= 11 is 12.5. The Balaban J connectivity index is 0.000000182. The van der Waals surface area contributed by atoms with E-state index in [0.717, 1.165) is 57.2 Å². The van der Waals surface area contributed by atoms with E-state index in [4.69, 9.17) is 38.4 Å². The van der Waals surface area contributed by atoms with E-state index < -0.39 is 0 Å². The van der Waals surface area contributed by atoms with Gasteiger partial charge in [0.1, 0.15) is 23.7 Å². The molecule has 4 aromatic carbocycles. The predicted molar refractivity (Wildman–Crippen MR) is 165 cm³/mol. The highest BCUT2D eigenvalue weighted by Crippen LogP contribution is 2.42. The molecule has 0 aliphatic carbocycles. The lowest BCUT2D eigenvalue weighted by molar-refractivity contribution is -0.119. The van der Waals surface area contributed by atoms with Crippen molar-refractivity contribution >= 4 is 41.5 Å². The lowest BCUT2D eigenvalue weighted by Gasteiger charge is -2.13. The maximum atomic E-state index is 11.0. The monoisotopic (exact) mass is 596 g/mol. The second kappa shape index (κ2) is 13.4. The van der Waals surface area contributed by atoms with Crippen LogP contribution in [0.3, 0.4) is 0 Å². The molecule has 4 aromatic rings. The molecule has 8 heteroatoms. The normalized spacial score (nSPS) is 16.3. The average Bonchev–Trinajstić information content (AvgIpc) is 3.57. The quantitative estimate of drug-likeness (QED) is 0.257. The topological polar surface area (TPSA) is 73.6 Å². The number of carbonyl (C=O) groups is 1. The number of benzene rings is 4. The Hall–Kier alpha value is -3.22. The fraction of sp³-hybridized carbons (Fsp3) is 0.219. The Morgan fingerprint density at radius 3 is 1.68 bits per heavy atom. The summed E-state index contributed by atoms with van der Waals surface area (Å²) in [5, 5.41) is 4.25. The molecular weight excluding hydrogens is 567 g/mol. The van der Waals surface area contributed by atoms with Gasteiger partial charge < -0.3 is 20.5 Å². The van der Waals surface area contributed by atoms with Crippen molar-refractivity contribution in [2.75, 3.05) is 13.1 Å². The number of hydrogen-bond donors (Lipinski definition) is 2. The largest absolute Gasteiger partial charge is 0.488 e. The minimum absolute atomic E-state index is 0. The molecule has 2 aliphatic heterocycles. The lowest BCUT2D eigenvalue weighted by Crippen LogP contribution is -2.32. The fourth-order valence-electron chi connectivity index (χ4n) is 4.96. The van der Waals surface area contributed by atoms with Gasteiger partial charge in [0.05, 0.1) is 6.54 Å². The van der Waals surface area contributed by atoms with Crippen molar-refractivity contribution in [1.82, 2.24) is 5.32 Å². The molecule has 2 heterocycles. The number of fused-ring (bicyclic) bond motifs is 2. The summed E-state index contributed by atoms with van der Waals surface area (Å²) in [7, 11) is 0. The third kappa shape index (κ3) is 6.56. The first-order chi connectivity index (χ1) is 18.9. The van der Waals surface area contributed by atoms with E-state index in [-0.39, 0.29) is 30.5 Å². The van der Waals surface area contributed by atoms with E-state index in [1.54, 1.807) is 0 Å². The molecule has 3 N–H and O–H groups in total. The molecular formula is C32H31Cl3N2O3. The minimum Gasteiger partial charge on any atom is -0.488 e. The minimum atomic E-state index is -0.0408. The van der Waals surface area contributed by atoms with Gasteiger partial charge in [0.15, 0.2) is 0 Å². The molecule has 0 bridgehead atoms. The summed E-state index contributed by atoms with van der Waals surface area (Å²) in [5.41, 5.74) is 12.1. The highest BCUT2D eigenvalue weighted by atomic mass is 35.5. The van der Waals surface area contributed by atoms with Crippen LogP contribution in [0.25, 0.3) is 22.3 Å². The van der Waals surface area contributed by atoms with Crippen LogP contribution in [0.1, 0.15) is 18.1 Å². The molecule has 0 saturated heterocycles. The molecule has 208 valence electrons. The van der Waals surface area contributed by atoms with Gasteiger partial charge >= 0.3 is 0 Å². The molecule has 0 aromatic heterocycles. The standard InChI is InChI=1S/C17H16ClNO2.C15H14ClNO.ClH/c1-11(20)19-10-13-9-12-5-4-7-15(17(12)21-13)14-6-2-3-8-16(14)18;16-14-7-2-1-5-12(14)13-6-3-4-10-8-11(9-17)18-15(10)13;/h2-8,13H,9-10H2,1H3,(H,19,20);1-7,11H,8-9,17H2;1H. The van der Waals surface area contributed by atoms with Crippen LogP contribution in [0.5, 0.6) is 11.5 Å². The van der Waals surface area contributed by atoms with Crippen LogP contribution in [-0.2, 0) is 17.6 Å². The number of carbonyl (C=O) groups excluding carboxylic acids is 1. The summed E-state index contributed by atoms with van der Waals surface area (Å²) in [6.07, 6.45) is 1.74. The number of hydrogen-bond acceptors (Lipinski definition) is 4. The van der Waals surface area contributed by atoms with Crippen molar-refractivity contribution in [2.45, 2.75) is 32.0 Å². The van der Waals surface area contributed by atoms with Gasteiger partial charge in [0.25, 0.3) is 0 Å². The van der Waals surface area contributed by atoms with Crippen LogP contribution in [0.2, 0.25) is 10.0 Å². The highest BCUT2D eigenvalue weighted by Gasteiger charge is 2.27. The first kappa shape index (κ1) is 29.8. The highest BCUT2D eigenvalue weighted by molar-refractivity contribution is 6.33. The lowest BCUT2D eigenvalue weighted by atomic mass is 10.0. The molecule has 0 saturated carbocycles. The molecule has 5 nitrogen and oxygen atoms in total.